The zero-order chi connectivity index (χ0) is 12.7. The Labute approximate surface area is 94.0 Å². The molecule has 0 saturated heterocycles. The van der Waals surface area contributed by atoms with Crippen LogP contribution < -0.4 is 5.56 Å². The largest absolute Gasteiger partial charge is 0.481 e. The minimum atomic E-state index is -1.27. The zero-order valence-electron chi connectivity index (χ0n) is 8.70. The van der Waals surface area contributed by atoms with Crippen molar-refractivity contribution in [3.63, 3.8) is 0 Å². The van der Waals surface area contributed by atoms with Crippen LogP contribution in [0.1, 0.15) is 32.0 Å². The van der Waals surface area contributed by atoms with Gasteiger partial charge in [0.1, 0.15) is 0 Å². The van der Waals surface area contributed by atoms with Crippen LogP contribution in [-0.4, -0.2) is 28.0 Å². The van der Waals surface area contributed by atoms with Gasteiger partial charge in [0, 0.05) is 11.3 Å². The third-order valence-corrected chi connectivity index (χ3v) is 2.42. The minimum absolute atomic E-state index is 0.0640. The van der Waals surface area contributed by atoms with Gasteiger partial charge in [-0.25, -0.2) is 9.59 Å². The SMILES string of the molecule is Cc1[nH]c(=O)c(CC(=O)O)c2c1C(=O)OC2=O. The van der Waals surface area contributed by atoms with Crippen molar-refractivity contribution in [2.24, 2.45) is 0 Å². The fourth-order valence-electron chi connectivity index (χ4n) is 1.75. The van der Waals surface area contributed by atoms with E-state index in [1.54, 1.807) is 0 Å². The number of hydrogen-bond donors (Lipinski definition) is 2. The summed E-state index contributed by atoms with van der Waals surface area (Å²) in [6.45, 7) is 1.44. The number of fused-ring (bicyclic) bond motifs is 1. The van der Waals surface area contributed by atoms with E-state index in [9.17, 15) is 19.2 Å². The first-order valence-electron chi connectivity index (χ1n) is 4.66. The number of aromatic nitrogens is 1. The molecule has 0 spiro atoms. The van der Waals surface area contributed by atoms with Crippen molar-refractivity contribution in [1.29, 1.82) is 0 Å². The maximum Gasteiger partial charge on any atom is 0.348 e. The first kappa shape index (κ1) is 11.1. The molecule has 1 aliphatic heterocycles. The lowest BCUT2D eigenvalue weighted by Gasteiger charge is -2.03. The van der Waals surface area contributed by atoms with E-state index in [0.717, 1.165) is 0 Å². The molecule has 0 unspecified atom stereocenters. The molecule has 0 atom stereocenters. The van der Waals surface area contributed by atoms with Crippen molar-refractivity contribution in [2.75, 3.05) is 0 Å². The molecule has 0 aromatic carbocycles. The van der Waals surface area contributed by atoms with Crippen molar-refractivity contribution < 1.29 is 24.2 Å². The number of H-pyrrole nitrogens is 1. The van der Waals surface area contributed by atoms with Gasteiger partial charge in [-0.15, -0.1) is 0 Å². The lowest BCUT2D eigenvalue weighted by atomic mass is 10.0. The molecular formula is C10H7NO6. The number of aliphatic carboxylic acids is 1. The lowest BCUT2D eigenvalue weighted by Crippen LogP contribution is -2.22. The molecule has 7 nitrogen and oxygen atoms in total. The number of hydrogen-bond acceptors (Lipinski definition) is 5. The van der Waals surface area contributed by atoms with Gasteiger partial charge < -0.3 is 14.8 Å². The number of carboxylic acid groups (broad SMARTS) is 1. The number of aromatic amines is 1. The monoisotopic (exact) mass is 237 g/mol. The number of ether oxygens (including phenoxy) is 1. The van der Waals surface area contributed by atoms with Crippen molar-refractivity contribution in [3.05, 3.63) is 32.7 Å². The molecule has 0 bridgehead atoms. The molecule has 1 aromatic heterocycles. The summed E-state index contributed by atoms with van der Waals surface area (Å²) in [5.41, 5.74) is -1.07. The summed E-state index contributed by atoms with van der Waals surface area (Å²) in [5.74, 6) is -3.12. The summed E-state index contributed by atoms with van der Waals surface area (Å²) in [7, 11) is 0. The van der Waals surface area contributed by atoms with Gasteiger partial charge in [0.05, 0.1) is 17.5 Å². The smallest absolute Gasteiger partial charge is 0.348 e. The molecular weight excluding hydrogens is 230 g/mol. The van der Waals surface area contributed by atoms with Gasteiger partial charge in [-0.05, 0) is 6.92 Å². The third-order valence-electron chi connectivity index (χ3n) is 2.42. The highest BCUT2D eigenvalue weighted by molar-refractivity contribution is 6.16. The van der Waals surface area contributed by atoms with E-state index >= 15 is 0 Å². The van der Waals surface area contributed by atoms with Crippen LogP contribution in [0.4, 0.5) is 0 Å². The van der Waals surface area contributed by atoms with Gasteiger partial charge in [-0.1, -0.05) is 0 Å². The number of nitrogens with one attached hydrogen (secondary N) is 1. The molecule has 0 aliphatic carbocycles. The number of pyridine rings is 1. The van der Waals surface area contributed by atoms with E-state index in [-0.39, 0.29) is 22.4 Å². The zero-order valence-corrected chi connectivity index (χ0v) is 8.70. The Morgan fingerprint density at radius 2 is 1.82 bits per heavy atom. The van der Waals surface area contributed by atoms with E-state index in [1.165, 1.54) is 6.92 Å². The Hall–Kier alpha value is -2.44. The number of rotatable bonds is 2. The number of esters is 2. The Kier molecular flexibility index (Phi) is 2.31. The molecule has 1 aromatic rings. The fraction of sp³-hybridized carbons (Fsp3) is 0.200. The van der Waals surface area contributed by atoms with Gasteiger partial charge in [0.25, 0.3) is 5.56 Å². The Morgan fingerprint density at radius 1 is 1.24 bits per heavy atom. The molecule has 0 saturated carbocycles. The summed E-state index contributed by atoms with van der Waals surface area (Å²) in [6.07, 6.45) is -0.639. The second-order valence-electron chi connectivity index (χ2n) is 3.56. The number of carboxylic acids is 1. The maximum atomic E-state index is 11.5. The van der Waals surface area contributed by atoms with Crippen molar-refractivity contribution in [3.8, 4) is 0 Å². The van der Waals surface area contributed by atoms with Gasteiger partial charge in [-0.2, -0.15) is 0 Å². The summed E-state index contributed by atoms with van der Waals surface area (Å²) in [5, 5.41) is 8.65. The highest BCUT2D eigenvalue weighted by Gasteiger charge is 2.36. The van der Waals surface area contributed by atoms with Crippen LogP contribution in [-0.2, 0) is 16.0 Å². The maximum absolute atomic E-state index is 11.5. The van der Waals surface area contributed by atoms with Crippen LogP contribution in [0, 0.1) is 6.92 Å². The van der Waals surface area contributed by atoms with E-state index < -0.39 is 29.9 Å². The van der Waals surface area contributed by atoms with Gasteiger partial charge in [0.15, 0.2) is 0 Å². The molecule has 1 aliphatic rings. The molecule has 0 radical (unpaired) electrons. The van der Waals surface area contributed by atoms with E-state index in [1.807, 2.05) is 0 Å². The molecule has 2 heterocycles. The first-order chi connectivity index (χ1) is 7.91. The average molecular weight is 237 g/mol. The van der Waals surface area contributed by atoms with Crippen LogP contribution in [0.2, 0.25) is 0 Å². The molecule has 0 amide bonds. The molecule has 17 heavy (non-hydrogen) atoms. The molecule has 0 fully saturated rings. The van der Waals surface area contributed by atoms with Gasteiger partial charge in [0.2, 0.25) is 0 Å². The number of cyclic esters (lactones) is 2. The van der Waals surface area contributed by atoms with Crippen LogP contribution in [0.5, 0.6) is 0 Å². The first-order valence-corrected chi connectivity index (χ1v) is 4.66. The highest BCUT2D eigenvalue weighted by atomic mass is 16.6. The van der Waals surface area contributed by atoms with Gasteiger partial charge in [-0.3, -0.25) is 9.59 Å². The minimum Gasteiger partial charge on any atom is -0.481 e. The van der Waals surface area contributed by atoms with Crippen LogP contribution in [0.3, 0.4) is 0 Å². The molecule has 88 valence electrons. The number of aryl methyl sites for hydroxylation is 1. The van der Waals surface area contributed by atoms with E-state index in [0.29, 0.717) is 0 Å². The van der Waals surface area contributed by atoms with Gasteiger partial charge >= 0.3 is 17.9 Å². The van der Waals surface area contributed by atoms with E-state index in [2.05, 4.69) is 9.72 Å². The van der Waals surface area contributed by atoms with E-state index in [4.69, 9.17) is 5.11 Å². The quantitative estimate of drug-likeness (QED) is 0.535. The predicted octanol–water partition coefficient (Wildman–Crippen LogP) is -0.379. The van der Waals surface area contributed by atoms with Crippen molar-refractivity contribution >= 4 is 17.9 Å². The standard InChI is InChI=1S/C10H7NO6/c1-3-6-7(10(16)17-9(6)15)4(2-5(12)13)8(14)11-3/h2H2,1H3,(H,11,14)(H,12,13). The second kappa shape index (κ2) is 3.55. The second-order valence-corrected chi connectivity index (χ2v) is 3.56. The fourth-order valence-corrected chi connectivity index (χ4v) is 1.75. The normalized spacial score (nSPS) is 13.5. The molecule has 2 rings (SSSR count). The Balaban J connectivity index is 2.78. The number of carbonyl (C=O) groups excluding carboxylic acids is 2. The van der Waals surface area contributed by atoms with Crippen molar-refractivity contribution in [2.45, 2.75) is 13.3 Å². The summed E-state index contributed by atoms with van der Waals surface area (Å²) in [4.78, 5) is 47.2. The lowest BCUT2D eigenvalue weighted by molar-refractivity contribution is -0.136. The third kappa shape index (κ3) is 1.61. The predicted molar refractivity (Wildman–Crippen MR) is 52.9 cm³/mol. The summed E-state index contributed by atoms with van der Waals surface area (Å²) < 4.78 is 4.36. The van der Waals surface area contributed by atoms with Crippen molar-refractivity contribution in [1.82, 2.24) is 4.98 Å². The van der Waals surface area contributed by atoms with Crippen LogP contribution >= 0.6 is 0 Å². The molecule has 2 N–H and O–H groups in total. The molecule has 7 heteroatoms. The Morgan fingerprint density at radius 3 is 2.41 bits per heavy atom. The Bertz CT molecular complexity index is 612. The summed E-state index contributed by atoms with van der Waals surface area (Å²) >= 11 is 0. The van der Waals surface area contributed by atoms with Crippen LogP contribution in [0.25, 0.3) is 0 Å². The highest BCUT2D eigenvalue weighted by Crippen LogP contribution is 2.23. The van der Waals surface area contributed by atoms with Crippen LogP contribution in [0.15, 0.2) is 4.79 Å². The number of carbonyl (C=O) groups is 3. The topological polar surface area (TPSA) is 114 Å². The summed E-state index contributed by atoms with van der Waals surface area (Å²) in [6, 6.07) is 0. The average Bonchev–Trinajstić information content (AvgIpc) is 2.48.